The molecule has 4 rings (SSSR count). The van der Waals surface area contributed by atoms with Crippen LogP contribution in [0.2, 0.25) is 0 Å². The molecular formula is C17H20O2. The maximum atomic E-state index is 12.0. The van der Waals surface area contributed by atoms with Crippen LogP contribution in [0.5, 0.6) is 0 Å². The summed E-state index contributed by atoms with van der Waals surface area (Å²) in [5.41, 5.74) is 2.83. The topological polar surface area (TPSA) is 26.3 Å². The number of ketones is 1. The van der Waals surface area contributed by atoms with Crippen molar-refractivity contribution in [2.75, 3.05) is 6.61 Å². The van der Waals surface area contributed by atoms with E-state index in [1.54, 1.807) is 0 Å². The lowest BCUT2D eigenvalue weighted by Crippen LogP contribution is -2.48. The monoisotopic (exact) mass is 256 g/mol. The van der Waals surface area contributed by atoms with Crippen LogP contribution < -0.4 is 0 Å². The molecule has 0 amide bonds. The van der Waals surface area contributed by atoms with Gasteiger partial charge in [-0.3, -0.25) is 4.79 Å². The number of carbonyl (C=O) groups excluding carboxylic acids is 1. The van der Waals surface area contributed by atoms with Gasteiger partial charge in [-0.15, -0.1) is 0 Å². The second kappa shape index (κ2) is 4.17. The summed E-state index contributed by atoms with van der Waals surface area (Å²) in [4.78, 5) is 12.0. The summed E-state index contributed by atoms with van der Waals surface area (Å²) in [5, 5.41) is 0. The van der Waals surface area contributed by atoms with E-state index in [0.717, 1.165) is 12.8 Å². The van der Waals surface area contributed by atoms with Crippen molar-refractivity contribution in [3.05, 3.63) is 35.4 Å². The van der Waals surface area contributed by atoms with Gasteiger partial charge in [0.25, 0.3) is 0 Å². The lowest BCUT2D eigenvalue weighted by atomic mass is 9.76. The molecule has 2 aliphatic carbocycles. The molecule has 2 unspecified atom stereocenters. The van der Waals surface area contributed by atoms with Crippen molar-refractivity contribution in [3.63, 3.8) is 0 Å². The zero-order chi connectivity index (χ0) is 12.9. The molecule has 0 aromatic heterocycles. The van der Waals surface area contributed by atoms with E-state index in [4.69, 9.17) is 4.74 Å². The first-order chi connectivity index (χ1) is 9.28. The maximum Gasteiger partial charge on any atom is 0.138 e. The van der Waals surface area contributed by atoms with E-state index in [-0.39, 0.29) is 5.60 Å². The molecule has 1 aromatic carbocycles. The number of hydrogen-bond donors (Lipinski definition) is 0. The van der Waals surface area contributed by atoms with Gasteiger partial charge in [0, 0.05) is 12.8 Å². The van der Waals surface area contributed by atoms with E-state index in [2.05, 4.69) is 24.3 Å². The van der Waals surface area contributed by atoms with E-state index in [1.807, 2.05) is 0 Å². The van der Waals surface area contributed by atoms with Crippen LogP contribution in [0, 0.1) is 11.8 Å². The third-order valence-electron chi connectivity index (χ3n) is 5.52. The fraction of sp³-hybridized carbons (Fsp3) is 0.588. The molecule has 1 saturated carbocycles. The normalized spacial score (nSPS) is 37.2. The summed E-state index contributed by atoms with van der Waals surface area (Å²) in [6.07, 6.45) is 5.93. The average Bonchev–Trinajstić information content (AvgIpc) is 2.62. The molecule has 2 fully saturated rings. The number of rotatable bonds is 0. The highest BCUT2D eigenvalue weighted by molar-refractivity contribution is 5.80. The van der Waals surface area contributed by atoms with Crippen molar-refractivity contribution in [2.45, 2.75) is 44.1 Å². The van der Waals surface area contributed by atoms with Crippen LogP contribution in [0.25, 0.3) is 0 Å². The highest BCUT2D eigenvalue weighted by Gasteiger charge is 2.54. The van der Waals surface area contributed by atoms with Crippen LogP contribution in [-0.4, -0.2) is 18.0 Å². The van der Waals surface area contributed by atoms with Gasteiger partial charge in [0.05, 0.1) is 12.2 Å². The third-order valence-corrected chi connectivity index (χ3v) is 5.52. The molecular weight excluding hydrogens is 236 g/mol. The maximum absolute atomic E-state index is 12.0. The molecule has 2 nitrogen and oxygen atoms in total. The van der Waals surface area contributed by atoms with Crippen molar-refractivity contribution < 1.29 is 9.53 Å². The number of ether oxygens (including phenoxy) is 1. The summed E-state index contributed by atoms with van der Waals surface area (Å²) < 4.78 is 6.25. The number of hydrogen-bond acceptors (Lipinski definition) is 2. The minimum atomic E-state index is -0.131. The van der Waals surface area contributed by atoms with Gasteiger partial charge in [0.15, 0.2) is 0 Å². The number of benzene rings is 1. The zero-order valence-electron chi connectivity index (χ0n) is 11.2. The molecule has 0 N–H and O–H groups in total. The van der Waals surface area contributed by atoms with Crippen LogP contribution in [-0.2, 0) is 22.4 Å². The van der Waals surface area contributed by atoms with Crippen LogP contribution >= 0.6 is 0 Å². The minimum Gasteiger partial charge on any atom is -0.373 e. The van der Waals surface area contributed by atoms with E-state index in [9.17, 15) is 4.79 Å². The average molecular weight is 256 g/mol. The first kappa shape index (κ1) is 11.7. The van der Waals surface area contributed by atoms with Crippen LogP contribution in [0.4, 0.5) is 0 Å². The SMILES string of the molecule is O=C1CCOC2(C1)C1CCC2Cc2ccccc2C1. The van der Waals surface area contributed by atoms with E-state index >= 15 is 0 Å². The lowest BCUT2D eigenvalue weighted by Gasteiger charge is -2.41. The Balaban J connectivity index is 1.75. The Morgan fingerprint density at radius 3 is 2.26 bits per heavy atom. The first-order valence-electron chi connectivity index (χ1n) is 7.50. The molecule has 1 spiro atoms. The van der Waals surface area contributed by atoms with Crippen LogP contribution in [0.15, 0.2) is 24.3 Å². The van der Waals surface area contributed by atoms with Crippen molar-refractivity contribution in [1.82, 2.24) is 0 Å². The molecule has 1 saturated heterocycles. The second-order valence-electron chi connectivity index (χ2n) is 6.42. The summed E-state index contributed by atoms with van der Waals surface area (Å²) in [7, 11) is 0. The van der Waals surface area contributed by atoms with Gasteiger partial charge in [-0.25, -0.2) is 0 Å². The Morgan fingerprint density at radius 1 is 1.05 bits per heavy atom. The Hall–Kier alpha value is -1.15. The fourth-order valence-electron chi connectivity index (χ4n) is 4.59. The smallest absolute Gasteiger partial charge is 0.138 e. The third kappa shape index (κ3) is 1.69. The second-order valence-corrected chi connectivity index (χ2v) is 6.42. The van der Waals surface area contributed by atoms with Gasteiger partial charge in [0.2, 0.25) is 0 Å². The summed E-state index contributed by atoms with van der Waals surface area (Å²) >= 11 is 0. The van der Waals surface area contributed by atoms with E-state index < -0.39 is 0 Å². The van der Waals surface area contributed by atoms with Crippen molar-refractivity contribution in [3.8, 4) is 0 Å². The molecule has 2 atom stereocenters. The van der Waals surface area contributed by atoms with Gasteiger partial charge in [-0.2, -0.15) is 0 Å². The van der Waals surface area contributed by atoms with E-state index in [1.165, 1.54) is 24.0 Å². The Labute approximate surface area is 114 Å². The zero-order valence-corrected chi connectivity index (χ0v) is 11.2. The molecule has 1 aromatic rings. The first-order valence-corrected chi connectivity index (χ1v) is 7.50. The quantitative estimate of drug-likeness (QED) is 0.713. The molecule has 3 aliphatic rings. The van der Waals surface area contributed by atoms with Crippen molar-refractivity contribution >= 4 is 5.78 Å². The molecule has 19 heavy (non-hydrogen) atoms. The predicted molar refractivity (Wildman–Crippen MR) is 73.0 cm³/mol. The number of carbonyl (C=O) groups is 1. The molecule has 0 radical (unpaired) electrons. The van der Waals surface area contributed by atoms with Gasteiger partial charge in [0.1, 0.15) is 5.78 Å². The molecule has 1 aliphatic heterocycles. The Kier molecular flexibility index (Phi) is 2.56. The van der Waals surface area contributed by atoms with Crippen molar-refractivity contribution in [2.24, 2.45) is 11.8 Å². The minimum absolute atomic E-state index is 0.131. The van der Waals surface area contributed by atoms with Gasteiger partial charge >= 0.3 is 0 Å². The van der Waals surface area contributed by atoms with Gasteiger partial charge in [-0.05, 0) is 48.6 Å². The van der Waals surface area contributed by atoms with Gasteiger partial charge in [-0.1, -0.05) is 24.3 Å². The van der Waals surface area contributed by atoms with Crippen LogP contribution in [0.1, 0.15) is 36.8 Å². The summed E-state index contributed by atoms with van der Waals surface area (Å²) in [5.74, 6) is 1.50. The lowest BCUT2D eigenvalue weighted by molar-refractivity contribution is -0.154. The molecule has 100 valence electrons. The van der Waals surface area contributed by atoms with Gasteiger partial charge < -0.3 is 4.74 Å². The Morgan fingerprint density at radius 2 is 1.68 bits per heavy atom. The van der Waals surface area contributed by atoms with Crippen molar-refractivity contribution in [1.29, 1.82) is 0 Å². The number of Topliss-reactive ketones (excluding diaryl/α,β-unsaturated/α-hetero) is 1. The predicted octanol–water partition coefficient (Wildman–Crippen LogP) is 2.93. The molecule has 1 heterocycles. The fourth-order valence-corrected chi connectivity index (χ4v) is 4.59. The summed E-state index contributed by atoms with van der Waals surface area (Å²) in [6.45, 7) is 0.641. The summed E-state index contributed by atoms with van der Waals surface area (Å²) in [6, 6.07) is 8.79. The highest BCUT2D eigenvalue weighted by Crippen LogP contribution is 2.52. The Bertz CT molecular complexity index is 487. The van der Waals surface area contributed by atoms with E-state index in [0.29, 0.717) is 37.1 Å². The standard InChI is InChI=1S/C17H20O2/c18-16-7-8-19-17(11-16)14-5-6-15(17)10-13-4-2-1-3-12(13)9-14/h1-4,14-15H,5-11H2. The number of fused-ring (bicyclic) bond motifs is 1. The van der Waals surface area contributed by atoms with Crippen LogP contribution in [0.3, 0.4) is 0 Å². The largest absolute Gasteiger partial charge is 0.373 e. The molecule has 2 heteroatoms. The highest BCUT2D eigenvalue weighted by atomic mass is 16.5. The molecule has 2 bridgehead atoms.